The molecule has 1 saturated heterocycles. The lowest BCUT2D eigenvalue weighted by Crippen LogP contribution is -2.47. The van der Waals surface area contributed by atoms with Gasteiger partial charge in [-0.2, -0.15) is 4.31 Å². The van der Waals surface area contributed by atoms with Gasteiger partial charge in [-0.05, 0) is 53.9 Å². The fourth-order valence-corrected chi connectivity index (χ4v) is 5.61. The Bertz CT molecular complexity index is 1210. The van der Waals surface area contributed by atoms with E-state index in [2.05, 4.69) is 17.4 Å². The third-order valence-corrected chi connectivity index (χ3v) is 7.94. The lowest BCUT2D eigenvalue weighted by molar-refractivity contribution is 0.0422. The molecular formula is C21H22ClF2IN4O4S. The number of benzene rings is 2. The Morgan fingerprint density at radius 1 is 1.24 bits per heavy atom. The maximum atomic E-state index is 15.3. The number of likely N-dealkylation sites (N-methyl/N-ethyl adjacent to an activating group) is 1. The summed E-state index contributed by atoms with van der Waals surface area (Å²) in [7, 11) is -2.60. The number of carbonyl (C=O) groups is 1. The molecule has 0 saturated carbocycles. The van der Waals surface area contributed by atoms with E-state index in [1.54, 1.807) is 12.1 Å². The van der Waals surface area contributed by atoms with Crippen LogP contribution in [0.5, 0.6) is 0 Å². The number of nitrogens with zero attached hydrogens (tertiary/aromatic N) is 2. The Balaban J connectivity index is 2.10. The molecule has 2 aromatic rings. The topological polar surface area (TPSA) is 91.0 Å². The maximum Gasteiger partial charge on any atom is 0.277 e. The molecule has 0 spiro atoms. The van der Waals surface area contributed by atoms with Crippen molar-refractivity contribution in [2.24, 2.45) is 0 Å². The number of amides is 1. The monoisotopic (exact) mass is 626 g/mol. The molecule has 0 aromatic heterocycles. The highest BCUT2D eigenvalue weighted by atomic mass is 127. The number of hydrogen-bond acceptors (Lipinski definition) is 6. The fraction of sp³-hybridized carbons (Fsp3) is 0.286. The van der Waals surface area contributed by atoms with Crippen LogP contribution in [0.15, 0.2) is 41.8 Å². The lowest BCUT2D eigenvalue weighted by Gasteiger charge is -2.31. The van der Waals surface area contributed by atoms with Crippen molar-refractivity contribution in [2.45, 2.75) is 4.90 Å². The van der Waals surface area contributed by atoms with Crippen molar-refractivity contribution in [2.75, 3.05) is 45.2 Å². The van der Waals surface area contributed by atoms with Crippen molar-refractivity contribution in [1.29, 1.82) is 0 Å². The Labute approximate surface area is 215 Å². The summed E-state index contributed by atoms with van der Waals surface area (Å²) in [5, 5.41) is 2.80. The molecule has 34 heavy (non-hydrogen) atoms. The van der Waals surface area contributed by atoms with E-state index in [1.807, 2.05) is 34.5 Å². The second-order valence-electron chi connectivity index (χ2n) is 7.41. The van der Waals surface area contributed by atoms with Crippen LogP contribution in [0.3, 0.4) is 0 Å². The van der Waals surface area contributed by atoms with Crippen LogP contribution in [0.2, 0.25) is 5.02 Å². The van der Waals surface area contributed by atoms with Gasteiger partial charge in [-0.3, -0.25) is 9.63 Å². The zero-order chi connectivity index (χ0) is 25.0. The first kappa shape index (κ1) is 26.8. The standard InChI is InChI=1S/C21H22ClF2IN4O4S/c1-3-10-33-27-21(30)14-12-17(34(31,32)29-8-6-28(2)7-9-29)18(23)19(24)20(14)26-16-5-4-13(25)11-15(16)22/h3-5,11-12,26H,1,6-10H2,2H3,(H,27,30). The third-order valence-electron chi connectivity index (χ3n) is 5.05. The summed E-state index contributed by atoms with van der Waals surface area (Å²) < 4.78 is 58.6. The minimum absolute atomic E-state index is 0.0619. The molecule has 2 aromatic carbocycles. The molecule has 0 bridgehead atoms. The first-order chi connectivity index (χ1) is 16.1. The molecule has 1 heterocycles. The van der Waals surface area contributed by atoms with Crippen molar-refractivity contribution in [1.82, 2.24) is 14.7 Å². The average molecular weight is 627 g/mol. The minimum Gasteiger partial charge on any atom is -0.351 e. The summed E-state index contributed by atoms with van der Waals surface area (Å²) in [6.45, 7) is 4.44. The number of sulfonamides is 1. The second-order valence-corrected chi connectivity index (χ2v) is 11.0. The summed E-state index contributed by atoms with van der Waals surface area (Å²) in [6, 6.07) is 5.56. The summed E-state index contributed by atoms with van der Waals surface area (Å²) in [5.41, 5.74) is 1.20. The van der Waals surface area contributed by atoms with E-state index >= 15 is 8.78 Å². The van der Waals surface area contributed by atoms with Gasteiger partial charge in [0.1, 0.15) is 4.90 Å². The van der Waals surface area contributed by atoms with Gasteiger partial charge >= 0.3 is 0 Å². The quantitative estimate of drug-likeness (QED) is 0.201. The van der Waals surface area contributed by atoms with Crippen LogP contribution in [0.25, 0.3) is 0 Å². The zero-order valence-electron chi connectivity index (χ0n) is 18.1. The number of halogens is 4. The SMILES string of the molecule is C=CCONC(=O)c1cc(S(=O)(=O)N2CCN(C)CC2)c(F)c(F)c1Nc1ccc(I)cc1Cl. The Hall–Kier alpha value is -1.84. The molecule has 0 aliphatic carbocycles. The first-order valence-corrected chi connectivity index (χ1v) is 12.9. The lowest BCUT2D eigenvalue weighted by atomic mass is 10.1. The Morgan fingerprint density at radius 3 is 2.53 bits per heavy atom. The normalized spacial score (nSPS) is 15.2. The summed E-state index contributed by atoms with van der Waals surface area (Å²) in [5.74, 6) is -4.13. The second kappa shape index (κ2) is 11.3. The average Bonchev–Trinajstić information content (AvgIpc) is 2.78. The molecule has 184 valence electrons. The highest BCUT2D eigenvalue weighted by molar-refractivity contribution is 14.1. The molecule has 1 aliphatic heterocycles. The zero-order valence-corrected chi connectivity index (χ0v) is 21.8. The van der Waals surface area contributed by atoms with Crippen LogP contribution in [0, 0.1) is 15.2 Å². The molecule has 0 unspecified atom stereocenters. The van der Waals surface area contributed by atoms with Gasteiger partial charge in [0.15, 0.2) is 11.6 Å². The molecule has 0 atom stereocenters. The van der Waals surface area contributed by atoms with Crippen LogP contribution < -0.4 is 10.8 Å². The Kier molecular flexibility index (Phi) is 8.87. The summed E-state index contributed by atoms with van der Waals surface area (Å²) >= 11 is 8.22. The van der Waals surface area contributed by atoms with Crippen molar-refractivity contribution >= 4 is 61.5 Å². The molecule has 1 aliphatic rings. The van der Waals surface area contributed by atoms with E-state index in [9.17, 15) is 13.2 Å². The smallest absolute Gasteiger partial charge is 0.277 e. The van der Waals surface area contributed by atoms with E-state index in [0.29, 0.717) is 13.1 Å². The van der Waals surface area contributed by atoms with Gasteiger partial charge in [0.2, 0.25) is 10.0 Å². The highest BCUT2D eigenvalue weighted by Gasteiger charge is 2.34. The van der Waals surface area contributed by atoms with Crippen LogP contribution in [-0.2, 0) is 14.9 Å². The Morgan fingerprint density at radius 2 is 1.91 bits per heavy atom. The molecule has 2 N–H and O–H groups in total. The molecule has 13 heteroatoms. The van der Waals surface area contributed by atoms with E-state index in [1.165, 1.54) is 12.1 Å². The van der Waals surface area contributed by atoms with E-state index in [-0.39, 0.29) is 30.4 Å². The molecule has 0 radical (unpaired) electrons. The summed E-state index contributed by atoms with van der Waals surface area (Å²) in [4.78, 5) is 18.7. The van der Waals surface area contributed by atoms with E-state index in [0.717, 1.165) is 13.9 Å². The molecule has 1 amide bonds. The molecule has 1 fully saturated rings. The van der Waals surface area contributed by atoms with Crippen LogP contribution >= 0.6 is 34.2 Å². The minimum atomic E-state index is -4.42. The first-order valence-electron chi connectivity index (χ1n) is 10.0. The third kappa shape index (κ3) is 5.86. The predicted molar refractivity (Wildman–Crippen MR) is 134 cm³/mol. The largest absolute Gasteiger partial charge is 0.351 e. The number of hydrogen-bond donors (Lipinski definition) is 2. The van der Waals surface area contributed by atoms with E-state index in [4.69, 9.17) is 16.4 Å². The number of nitrogens with one attached hydrogen (secondary N) is 2. The van der Waals surface area contributed by atoms with Crippen molar-refractivity contribution in [3.05, 3.63) is 62.7 Å². The van der Waals surface area contributed by atoms with Gasteiger partial charge in [-0.15, -0.1) is 6.58 Å². The van der Waals surface area contributed by atoms with Gasteiger partial charge in [0, 0.05) is 29.7 Å². The van der Waals surface area contributed by atoms with Crippen molar-refractivity contribution in [3.8, 4) is 0 Å². The van der Waals surface area contributed by atoms with E-state index < -0.39 is 43.7 Å². The van der Waals surface area contributed by atoms with Gasteiger partial charge < -0.3 is 10.2 Å². The predicted octanol–water partition coefficient (Wildman–Crippen LogP) is 3.75. The number of rotatable bonds is 8. The molecular weight excluding hydrogens is 605 g/mol. The fourth-order valence-electron chi connectivity index (χ4n) is 3.21. The van der Waals surface area contributed by atoms with Crippen LogP contribution in [0.4, 0.5) is 20.2 Å². The van der Waals surface area contributed by atoms with Gasteiger partial charge in [-0.25, -0.2) is 22.7 Å². The molecule has 3 rings (SSSR count). The number of piperazine rings is 1. The van der Waals surface area contributed by atoms with Gasteiger partial charge in [0.25, 0.3) is 5.91 Å². The van der Waals surface area contributed by atoms with Gasteiger partial charge in [-0.1, -0.05) is 17.7 Å². The van der Waals surface area contributed by atoms with Crippen molar-refractivity contribution < 1.29 is 26.8 Å². The molecule has 8 nitrogen and oxygen atoms in total. The highest BCUT2D eigenvalue weighted by Crippen LogP contribution is 2.35. The number of anilines is 2. The number of hydroxylamine groups is 1. The van der Waals surface area contributed by atoms with Crippen LogP contribution in [-0.4, -0.2) is 63.4 Å². The maximum absolute atomic E-state index is 15.3. The summed E-state index contributed by atoms with van der Waals surface area (Å²) in [6.07, 6.45) is 1.36. The number of carbonyl (C=O) groups excluding carboxylic acids is 1. The van der Waals surface area contributed by atoms with Crippen LogP contribution in [0.1, 0.15) is 10.4 Å². The van der Waals surface area contributed by atoms with Crippen molar-refractivity contribution in [3.63, 3.8) is 0 Å². The van der Waals surface area contributed by atoms with Gasteiger partial charge in [0.05, 0.1) is 28.6 Å².